The van der Waals surface area contributed by atoms with Gasteiger partial charge in [0.2, 0.25) is 0 Å². The first-order valence-electron chi connectivity index (χ1n) is 4.90. The molecule has 0 aromatic carbocycles. The summed E-state index contributed by atoms with van der Waals surface area (Å²) in [6.07, 6.45) is -14.6. The number of rotatable bonds is 2. The number of hydrogen-bond donors (Lipinski definition) is 0. The Kier molecular flexibility index (Phi) is 4.30. The lowest BCUT2D eigenvalue weighted by molar-refractivity contribution is -0.390. The van der Waals surface area contributed by atoms with Gasteiger partial charge in [0.25, 0.3) is 11.9 Å². The fourth-order valence-electron chi connectivity index (χ4n) is 1.46. The Hall–Kier alpha value is -1.76. The van der Waals surface area contributed by atoms with Crippen LogP contribution in [0.15, 0.2) is 0 Å². The van der Waals surface area contributed by atoms with Gasteiger partial charge in [-0.05, 0) is 0 Å². The molecule has 0 aliphatic carbocycles. The smallest absolute Gasteiger partial charge is 0.221 e. The summed E-state index contributed by atoms with van der Waals surface area (Å²) in [6.45, 7) is 0. The van der Waals surface area contributed by atoms with Crippen molar-refractivity contribution in [1.29, 1.82) is 0 Å². The lowest BCUT2D eigenvalue weighted by Gasteiger charge is -2.36. The molecule has 1 aromatic heterocycles. The quantitative estimate of drug-likeness (QED) is 0.550. The number of pyridine rings is 1. The van der Waals surface area contributed by atoms with Crippen LogP contribution in [0.25, 0.3) is 0 Å². The topological polar surface area (TPSA) is 12.9 Å². The van der Waals surface area contributed by atoms with Gasteiger partial charge in [-0.3, -0.25) is 0 Å². The zero-order valence-corrected chi connectivity index (χ0v) is 9.86. The van der Waals surface area contributed by atoms with Gasteiger partial charge in [0.1, 0.15) is 0 Å². The predicted octanol–water partition coefficient (Wildman–Crippen LogP) is 4.56. The molecule has 0 saturated heterocycles. The third kappa shape index (κ3) is 2.56. The number of halogens is 13. The van der Waals surface area contributed by atoms with Crippen LogP contribution in [0.1, 0.15) is 5.56 Å². The summed E-state index contributed by atoms with van der Waals surface area (Å²) < 4.78 is 165. The van der Waals surface area contributed by atoms with Crippen LogP contribution in [0.2, 0.25) is 0 Å². The fraction of sp³-hybridized carbons (Fsp3) is 0.444. The number of nitrogens with zero attached hydrogens (tertiary/aromatic N) is 1. The molecular weight excluding hydrogens is 369 g/mol. The maximum absolute atomic E-state index is 13.8. The SMILES string of the molecule is Fc1nc(F)c(F)c(C(F)(C(F)(F)F)C(F)(F)C(F)(F)F)c1F. The highest BCUT2D eigenvalue weighted by molar-refractivity contribution is 5.31. The molecule has 23 heavy (non-hydrogen) atoms. The van der Waals surface area contributed by atoms with Crippen LogP contribution < -0.4 is 0 Å². The van der Waals surface area contributed by atoms with Crippen molar-refractivity contribution in [3.63, 3.8) is 0 Å². The van der Waals surface area contributed by atoms with E-state index in [0.717, 1.165) is 0 Å². The zero-order valence-electron chi connectivity index (χ0n) is 9.86. The molecule has 1 heterocycles. The van der Waals surface area contributed by atoms with E-state index in [1.165, 1.54) is 0 Å². The van der Waals surface area contributed by atoms with Crippen LogP contribution in [0.4, 0.5) is 57.1 Å². The molecule has 1 unspecified atom stereocenters. The van der Waals surface area contributed by atoms with Crippen molar-refractivity contribution in [3.05, 3.63) is 29.1 Å². The summed E-state index contributed by atoms with van der Waals surface area (Å²) in [5, 5.41) is 0. The van der Waals surface area contributed by atoms with Gasteiger partial charge in [-0.15, -0.1) is 0 Å². The molecule has 1 atom stereocenters. The van der Waals surface area contributed by atoms with E-state index in [-0.39, 0.29) is 0 Å². The third-order valence-electron chi connectivity index (χ3n) is 2.52. The van der Waals surface area contributed by atoms with Crippen molar-refractivity contribution >= 4 is 0 Å². The summed E-state index contributed by atoms with van der Waals surface area (Å²) in [5.74, 6) is -20.6. The first-order valence-corrected chi connectivity index (χ1v) is 4.90. The molecule has 0 spiro atoms. The summed E-state index contributed by atoms with van der Waals surface area (Å²) in [7, 11) is 0. The maximum atomic E-state index is 13.8. The molecule has 0 bridgehead atoms. The highest BCUT2D eigenvalue weighted by Gasteiger charge is 2.83. The van der Waals surface area contributed by atoms with Crippen LogP contribution in [-0.4, -0.2) is 23.3 Å². The van der Waals surface area contributed by atoms with E-state index in [9.17, 15) is 57.1 Å². The standard InChI is InChI=1S/C9F13N/c10-2-1(3(11)5(13)23-4(2)12)6(14,8(17,18)19)7(15,16)9(20,21)22. The Morgan fingerprint density at radius 2 is 0.913 bits per heavy atom. The Morgan fingerprint density at radius 1 is 0.565 bits per heavy atom. The van der Waals surface area contributed by atoms with Gasteiger partial charge in [-0.2, -0.15) is 48.9 Å². The van der Waals surface area contributed by atoms with E-state index in [0.29, 0.717) is 0 Å². The van der Waals surface area contributed by atoms with Crippen LogP contribution >= 0.6 is 0 Å². The number of alkyl halides is 9. The second kappa shape index (κ2) is 5.12. The van der Waals surface area contributed by atoms with E-state index in [1.807, 2.05) is 0 Å². The summed E-state index contributed by atoms with van der Waals surface area (Å²) >= 11 is 0. The summed E-state index contributed by atoms with van der Waals surface area (Å²) in [4.78, 5) is 1.63. The van der Waals surface area contributed by atoms with E-state index >= 15 is 0 Å². The molecule has 0 saturated carbocycles. The highest BCUT2D eigenvalue weighted by atomic mass is 19.4. The van der Waals surface area contributed by atoms with Crippen molar-refractivity contribution in [2.45, 2.75) is 23.9 Å². The zero-order chi connectivity index (χ0) is 18.6. The minimum Gasteiger partial charge on any atom is -0.221 e. The van der Waals surface area contributed by atoms with Gasteiger partial charge in [0, 0.05) is 0 Å². The minimum absolute atomic E-state index is 1.63. The van der Waals surface area contributed by atoms with Gasteiger partial charge >= 0.3 is 23.9 Å². The Bertz CT molecular complexity index is 589. The molecule has 0 aliphatic heterocycles. The van der Waals surface area contributed by atoms with Crippen LogP contribution in [0, 0.1) is 23.5 Å². The molecule has 1 nitrogen and oxygen atoms in total. The van der Waals surface area contributed by atoms with E-state index in [2.05, 4.69) is 0 Å². The van der Waals surface area contributed by atoms with Crippen molar-refractivity contribution < 1.29 is 57.1 Å². The lowest BCUT2D eigenvalue weighted by atomic mass is 9.87. The normalized spacial score (nSPS) is 16.4. The molecule has 0 fully saturated rings. The second-order valence-corrected chi connectivity index (χ2v) is 3.92. The average molecular weight is 369 g/mol. The first-order chi connectivity index (χ1) is 10.00. The monoisotopic (exact) mass is 369 g/mol. The van der Waals surface area contributed by atoms with Gasteiger partial charge in [0.15, 0.2) is 11.6 Å². The van der Waals surface area contributed by atoms with Crippen LogP contribution in [0.3, 0.4) is 0 Å². The van der Waals surface area contributed by atoms with Gasteiger partial charge in [0.05, 0.1) is 5.56 Å². The van der Waals surface area contributed by atoms with Crippen molar-refractivity contribution in [2.75, 3.05) is 0 Å². The van der Waals surface area contributed by atoms with Crippen molar-refractivity contribution in [2.24, 2.45) is 0 Å². The number of aromatic nitrogens is 1. The van der Waals surface area contributed by atoms with E-state index in [4.69, 9.17) is 0 Å². The van der Waals surface area contributed by atoms with Crippen LogP contribution in [0.5, 0.6) is 0 Å². The molecule has 0 aliphatic rings. The summed E-state index contributed by atoms with van der Waals surface area (Å²) in [6, 6.07) is 0. The lowest BCUT2D eigenvalue weighted by Crippen LogP contribution is -2.60. The van der Waals surface area contributed by atoms with E-state index < -0.39 is 53.0 Å². The molecule has 1 rings (SSSR count). The average Bonchev–Trinajstić information content (AvgIpc) is 2.33. The largest absolute Gasteiger partial charge is 0.457 e. The molecule has 0 N–H and O–H groups in total. The maximum Gasteiger partial charge on any atom is 0.457 e. The number of hydrogen-bond acceptors (Lipinski definition) is 1. The Balaban J connectivity index is 4.00. The molecule has 0 amide bonds. The molecule has 0 radical (unpaired) electrons. The Morgan fingerprint density at radius 3 is 1.17 bits per heavy atom. The fourth-order valence-corrected chi connectivity index (χ4v) is 1.46. The third-order valence-corrected chi connectivity index (χ3v) is 2.52. The van der Waals surface area contributed by atoms with Gasteiger partial charge in [-0.1, -0.05) is 0 Å². The van der Waals surface area contributed by atoms with Crippen LogP contribution in [-0.2, 0) is 5.67 Å². The van der Waals surface area contributed by atoms with E-state index in [1.54, 1.807) is 4.98 Å². The first kappa shape index (κ1) is 19.3. The highest BCUT2D eigenvalue weighted by Crippen LogP contribution is 2.59. The van der Waals surface area contributed by atoms with Crippen molar-refractivity contribution in [1.82, 2.24) is 4.98 Å². The predicted molar refractivity (Wildman–Crippen MR) is 43.9 cm³/mol. The van der Waals surface area contributed by atoms with Gasteiger partial charge in [-0.25, -0.2) is 13.2 Å². The van der Waals surface area contributed by atoms with Crippen molar-refractivity contribution in [3.8, 4) is 0 Å². The minimum atomic E-state index is -7.49. The van der Waals surface area contributed by atoms with Gasteiger partial charge < -0.3 is 0 Å². The summed E-state index contributed by atoms with van der Waals surface area (Å²) in [5.41, 5.74) is -11.0. The molecule has 1 aromatic rings. The molecular formula is C9F13N. The molecule has 14 heteroatoms. The second-order valence-electron chi connectivity index (χ2n) is 3.92. The Labute approximate surface area is 116 Å². The molecule has 132 valence electrons.